The van der Waals surface area contributed by atoms with Crippen LogP contribution in [-0.2, 0) is 28.4 Å². The van der Waals surface area contributed by atoms with Crippen LogP contribution in [0.1, 0.15) is 21.9 Å². The fourth-order valence-corrected chi connectivity index (χ4v) is 3.43. The number of aromatic amines is 1. The lowest BCUT2D eigenvalue weighted by atomic mass is 10.1. The van der Waals surface area contributed by atoms with E-state index in [9.17, 15) is 18.0 Å². The zero-order valence-electron chi connectivity index (χ0n) is 14.9. The number of nitrogens with zero attached hydrogens (tertiary/aromatic N) is 2. The molecule has 0 unspecified atom stereocenters. The molecule has 9 nitrogen and oxygen atoms in total. The number of hydrogen-bond acceptors (Lipinski definition) is 6. The van der Waals surface area contributed by atoms with Crippen molar-refractivity contribution in [2.75, 3.05) is 7.05 Å². The number of carbonyl (C=O) groups is 1. The fourth-order valence-electron chi connectivity index (χ4n) is 2.63. The molecule has 0 saturated carbocycles. The van der Waals surface area contributed by atoms with E-state index in [2.05, 4.69) is 14.7 Å². The number of H-pyrrole nitrogens is 1. The van der Waals surface area contributed by atoms with Crippen LogP contribution >= 0.6 is 0 Å². The maximum atomic E-state index is 12.3. The molecule has 2 N–H and O–H groups in total. The smallest absolute Gasteiger partial charge is 0.355 e. The third-order valence-corrected chi connectivity index (χ3v) is 5.48. The van der Waals surface area contributed by atoms with E-state index in [0.717, 1.165) is 5.56 Å². The molecule has 0 atom stereocenters. The number of sulfonamides is 1. The van der Waals surface area contributed by atoms with Crippen molar-refractivity contribution in [1.29, 1.82) is 0 Å². The molecule has 2 aromatic heterocycles. The minimum absolute atomic E-state index is 0.0488. The van der Waals surface area contributed by atoms with Gasteiger partial charge in [0.05, 0.1) is 10.9 Å². The number of ether oxygens (including phenoxy) is 1. The normalized spacial score (nSPS) is 11.7. The molecule has 1 aromatic carbocycles. The first kappa shape index (κ1) is 18.8. The van der Waals surface area contributed by atoms with Crippen LogP contribution in [0.15, 0.2) is 40.2 Å². The molecule has 0 aliphatic heterocycles. The van der Waals surface area contributed by atoms with Gasteiger partial charge in [-0.25, -0.2) is 22.9 Å². The monoisotopic (exact) mass is 390 g/mol. The molecule has 142 valence electrons. The number of rotatable bonds is 5. The van der Waals surface area contributed by atoms with Gasteiger partial charge in [0.1, 0.15) is 23.0 Å². The van der Waals surface area contributed by atoms with Gasteiger partial charge < -0.3 is 14.3 Å². The van der Waals surface area contributed by atoms with E-state index < -0.39 is 16.0 Å². The van der Waals surface area contributed by atoms with E-state index in [4.69, 9.17) is 4.74 Å². The molecule has 27 heavy (non-hydrogen) atoms. The van der Waals surface area contributed by atoms with E-state index in [0.29, 0.717) is 10.9 Å². The van der Waals surface area contributed by atoms with Gasteiger partial charge in [0.15, 0.2) is 0 Å². The standard InChI is InChI=1S/C17H18N4O5S/c1-10-5-4-6-12-15(10)19-14(20-16(12)22)9-26-17(23)13-7-11(8-21(13)3)27(24,25)18-2/h4-8,18H,9H2,1-3H3,(H,19,20,22). The molecule has 0 radical (unpaired) electrons. The number of fused-ring (bicyclic) bond motifs is 1. The van der Waals surface area contributed by atoms with Crippen LogP contribution < -0.4 is 10.3 Å². The van der Waals surface area contributed by atoms with Gasteiger partial charge in [-0.05, 0) is 31.7 Å². The zero-order valence-corrected chi connectivity index (χ0v) is 15.8. The topological polar surface area (TPSA) is 123 Å². The van der Waals surface area contributed by atoms with Gasteiger partial charge in [-0.1, -0.05) is 12.1 Å². The lowest BCUT2D eigenvalue weighted by Crippen LogP contribution is -2.17. The van der Waals surface area contributed by atoms with Crippen LogP contribution in [0.25, 0.3) is 10.9 Å². The minimum Gasteiger partial charge on any atom is -0.453 e. The summed E-state index contributed by atoms with van der Waals surface area (Å²) in [5.74, 6) is -0.532. The highest BCUT2D eigenvalue weighted by molar-refractivity contribution is 7.89. The Morgan fingerprint density at radius 2 is 2.11 bits per heavy atom. The van der Waals surface area contributed by atoms with Gasteiger partial charge in [-0.3, -0.25) is 4.79 Å². The van der Waals surface area contributed by atoms with Crippen molar-refractivity contribution >= 4 is 26.9 Å². The van der Waals surface area contributed by atoms with Crippen LogP contribution in [-0.4, -0.2) is 36.0 Å². The molecular weight excluding hydrogens is 372 g/mol. The van der Waals surface area contributed by atoms with Gasteiger partial charge in [-0.2, -0.15) is 0 Å². The summed E-state index contributed by atoms with van der Waals surface area (Å²) in [7, 11) is -0.859. The molecule has 0 aliphatic carbocycles. The fraction of sp³-hybridized carbons (Fsp3) is 0.235. The van der Waals surface area contributed by atoms with E-state index in [1.807, 2.05) is 13.0 Å². The first-order valence-corrected chi connectivity index (χ1v) is 9.47. The second kappa shape index (κ2) is 6.97. The average Bonchev–Trinajstić information content (AvgIpc) is 3.03. The molecule has 10 heteroatoms. The molecule has 0 aliphatic rings. The first-order valence-electron chi connectivity index (χ1n) is 7.98. The highest BCUT2D eigenvalue weighted by Crippen LogP contribution is 2.15. The second-order valence-electron chi connectivity index (χ2n) is 5.94. The molecule has 0 spiro atoms. The van der Waals surface area contributed by atoms with Crippen LogP contribution in [0.3, 0.4) is 0 Å². The Labute approximate surface area is 155 Å². The van der Waals surface area contributed by atoms with E-state index >= 15 is 0 Å². The number of aryl methyl sites for hydroxylation is 2. The SMILES string of the molecule is CNS(=O)(=O)c1cc(C(=O)OCc2nc3c(C)cccc3c(=O)[nH]2)n(C)c1. The summed E-state index contributed by atoms with van der Waals surface area (Å²) in [4.78, 5) is 31.3. The van der Waals surface area contributed by atoms with Gasteiger partial charge in [0.25, 0.3) is 5.56 Å². The number of aromatic nitrogens is 3. The third-order valence-electron chi connectivity index (χ3n) is 4.09. The number of carbonyl (C=O) groups excluding carboxylic acids is 1. The predicted molar refractivity (Wildman–Crippen MR) is 97.9 cm³/mol. The quantitative estimate of drug-likeness (QED) is 0.622. The van der Waals surface area contributed by atoms with Crippen molar-refractivity contribution < 1.29 is 17.9 Å². The Morgan fingerprint density at radius 1 is 1.37 bits per heavy atom. The summed E-state index contributed by atoms with van der Waals surface area (Å²) in [5.41, 5.74) is 1.10. The van der Waals surface area contributed by atoms with Crippen molar-refractivity contribution in [1.82, 2.24) is 19.3 Å². The van der Waals surface area contributed by atoms with Gasteiger partial charge in [0, 0.05) is 13.2 Å². The van der Waals surface area contributed by atoms with Crippen molar-refractivity contribution in [2.24, 2.45) is 7.05 Å². The van der Waals surface area contributed by atoms with Gasteiger partial charge in [0.2, 0.25) is 10.0 Å². The van der Waals surface area contributed by atoms with E-state index in [1.54, 1.807) is 12.1 Å². The molecule has 2 heterocycles. The maximum absolute atomic E-state index is 12.3. The van der Waals surface area contributed by atoms with Crippen LogP contribution in [0, 0.1) is 6.92 Å². The van der Waals surface area contributed by atoms with Crippen LogP contribution in [0.5, 0.6) is 0 Å². The Bertz CT molecular complexity index is 1190. The van der Waals surface area contributed by atoms with Crippen LogP contribution in [0.4, 0.5) is 0 Å². The van der Waals surface area contributed by atoms with E-state index in [-0.39, 0.29) is 28.6 Å². The van der Waals surface area contributed by atoms with Gasteiger partial charge in [-0.15, -0.1) is 0 Å². The molecule has 0 bridgehead atoms. The van der Waals surface area contributed by atoms with Crippen molar-refractivity contribution in [3.05, 3.63) is 57.9 Å². The van der Waals surface area contributed by atoms with Gasteiger partial charge >= 0.3 is 5.97 Å². The molecule has 3 aromatic rings. The largest absolute Gasteiger partial charge is 0.453 e. The number of benzene rings is 1. The predicted octanol–water partition coefficient (Wildman–Crippen LogP) is 0.835. The average molecular weight is 390 g/mol. The van der Waals surface area contributed by atoms with E-state index in [1.165, 1.54) is 30.9 Å². The summed E-state index contributed by atoms with van der Waals surface area (Å²) < 4.78 is 32.4. The summed E-state index contributed by atoms with van der Waals surface area (Å²) in [5, 5.41) is 0.453. The Morgan fingerprint density at radius 3 is 2.81 bits per heavy atom. The molecule has 0 fully saturated rings. The van der Waals surface area contributed by atoms with Crippen molar-refractivity contribution in [3.63, 3.8) is 0 Å². The first-order chi connectivity index (χ1) is 12.7. The molecule has 0 amide bonds. The molecular formula is C17H18N4O5S. The second-order valence-corrected chi connectivity index (χ2v) is 7.83. The molecule has 3 rings (SSSR count). The van der Waals surface area contributed by atoms with Crippen molar-refractivity contribution in [2.45, 2.75) is 18.4 Å². The summed E-state index contributed by atoms with van der Waals surface area (Å²) in [6, 6.07) is 6.48. The Kier molecular flexibility index (Phi) is 4.85. The maximum Gasteiger partial charge on any atom is 0.355 e. The Hall–Kier alpha value is -2.98. The lowest BCUT2D eigenvalue weighted by molar-refractivity contribution is 0.0451. The highest BCUT2D eigenvalue weighted by atomic mass is 32.2. The highest BCUT2D eigenvalue weighted by Gasteiger charge is 2.20. The number of nitrogens with one attached hydrogen (secondary N) is 2. The third kappa shape index (κ3) is 3.62. The minimum atomic E-state index is -3.67. The van der Waals surface area contributed by atoms with Crippen molar-refractivity contribution in [3.8, 4) is 0 Å². The number of esters is 1. The molecule has 0 saturated heterocycles. The zero-order chi connectivity index (χ0) is 19.8. The summed E-state index contributed by atoms with van der Waals surface area (Å²) in [6.07, 6.45) is 1.31. The summed E-state index contributed by atoms with van der Waals surface area (Å²) in [6.45, 7) is 1.58. The van der Waals surface area contributed by atoms with Crippen LogP contribution in [0.2, 0.25) is 0 Å². The number of hydrogen-bond donors (Lipinski definition) is 2. The lowest BCUT2D eigenvalue weighted by Gasteiger charge is -2.07. The summed E-state index contributed by atoms with van der Waals surface area (Å²) >= 11 is 0. The Balaban J connectivity index is 1.84. The number of para-hydroxylation sites is 1.